The third kappa shape index (κ3) is 2.28. The van der Waals surface area contributed by atoms with E-state index in [2.05, 4.69) is 29.8 Å². The molecule has 2 aliphatic carbocycles. The van der Waals surface area contributed by atoms with Gasteiger partial charge in [0.15, 0.2) is 5.78 Å². The zero-order valence-corrected chi connectivity index (χ0v) is 17.1. The highest BCUT2D eigenvalue weighted by Gasteiger charge is 2.77. The van der Waals surface area contributed by atoms with Crippen LogP contribution in [0.5, 0.6) is 0 Å². The minimum absolute atomic E-state index is 0.0799. The van der Waals surface area contributed by atoms with Crippen LogP contribution in [0.15, 0.2) is 0 Å². The van der Waals surface area contributed by atoms with Crippen LogP contribution in [-0.4, -0.2) is 47.1 Å². The highest BCUT2D eigenvalue weighted by molar-refractivity contribution is 9.10. The molecule has 3 fully saturated rings. The molecule has 3 aliphatic rings. The first-order chi connectivity index (χ1) is 11.6. The largest absolute Gasteiger partial charge is 0.466 e. The number of piperidine rings is 1. The Kier molecular flexibility index (Phi) is 4.58. The van der Waals surface area contributed by atoms with Crippen LogP contribution in [0.2, 0.25) is 0 Å². The molecule has 1 aliphatic heterocycles. The van der Waals surface area contributed by atoms with Crippen LogP contribution in [0.1, 0.15) is 53.4 Å². The van der Waals surface area contributed by atoms with Gasteiger partial charge in [-0.2, -0.15) is 0 Å². The summed E-state index contributed by atoms with van der Waals surface area (Å²) in [6.45, 7) is 9.47. The molecule has 0 aromatic rings. The lowest BCUT2D eigenvalue weighted by molar-refractivity contribution is -0.155. The average molecular weight is 414 g/mol. The lowest BCUT2D eigenvalue weighted by atomic mass is 9.64. The fourth-order valence-electron chi connectivity index (χ4n) is 5.29. The van der Waals surface area contributed by atoms with Gasteiger partial charge in [-0.05, 0) is 38.0 Å². The summed E-state index contributed by atoms with van der Waals surface area (Å²) in [7, 11) is 0. The highest BCUT2D eigenvalue weighted by atomic mass is 79.9. The molecule has 3 atom stereocenters. The molecule has 3 unspecified atom stereocenters. The Hall–Kier alpha value is -0.910. The van der Waals surface area contributed by atoms with Gasteiger partial charge in [-0.3, -0.25) is 14.4 Å². The predicted molar refractivity (Wildman–Crippen MR) is 97.2 cm³/mol. The number of Topliss-reactive ketones (excluding diaryl/α,β-unsaturated/α-hetero) is 1. The molecule has 2 bridgehead atoms. The zero-order chi connectivity index (χ0) is 18.6. The van der Waals surface area contributed by atoms with Crippen LogP contribution in [0.4, 0.5) is 0 Å². The van der Waals surface area contributed by atoms with E-state index in [1.165, 1.54) is 0 Å². The molecule has 0 radical (unpaired) electrons. The lowest BCUT2D eigenvalue weighted by Gasteiger charge is -2.44. The van der Waals surface area contributed by atoms with Crippen LogP contribution < -0.4 is 0 Å². The number of fused-ring (bicyclic) bond motifs is 2. The van der Waals surface area contributed by atoms with E-state index in [1.54, 1.807) is 0 Å². The smallest absolute Gasteiger partial charge is 0.309 e. The van der Waals surface area contributed by atoms with E-state index in [-0.39, 0.29) is 29.0 Å². The van der Waals surface area contributed by atoms with E-state index in [0.717, 1.165) is 12.8 Å². The summed E-state index contributed by atoms with van der Waals surface area (Å²) < 4.78 is 5.11. The number of ether oxygens (including phenoxy) is 1. The van der Waals surface area contributed by atoms with Crippen molar-refractivity contribution in [3.8, 4) is 0 Å². The maximum Gasteiger partial charge on any atom is 0.309 e. The van der Waals surface area contributed by atoms with Crippen molar-refractivity contribution in [2.45, 2.75) is 58.2 Å². The molecule has 0 N–H and O–H groups in total. The predicted octanol–water partition coefficient (Wildman–Crippen LogP) is 2.95. The molecule has 2 saturated carbocycles. The Balaban J connectivity index is 1.78. The maximum absolute atomic E-state index is 13.5. The van der Waals surface area contributed by atoms with Crippen molar-refractivity contribution in [3.05, 3.63) is 0 Å². The Morgan fingerprint density at radius 1 is 1.20 bits per heavy atom. The van der Waals surface area contributed by atoms with E-state index in [4.69, 9.17) is 4.74 Å². The molecule has 0 aromatic carbocycles. The molecule has 3 rings (SSSR count). The second-order valence-electron chi connectivity index (χ2n) is 8.47. The number of carbonyl (C=O) groups excluding carboxylic acids is 3. The fraction of sp³-hybridized carbons (Fsp3) is 0.842. The van der Waals surface area contributed by atoms with Gasteiger partial charge in [0, 0.05) is 18.5 Å². The Morgan fingerprint density at radius 3 is 2.28 bits per heavy atom. The quantitative estimate of drug-likeness (QED) is 0.526. The summed E-state index contributed by atoms with van der Waals surface area (Å²) in [5.41, 5.74) is -1.49. The maximum atomic E-state index is 13.5. The molecule has 1 saturated heterocycles. The average Bonchev–Trinajstić information content (AvgIpc) is 2.86. The standard InChI is InChI=1S/C19H28BrNO4/c1-5-25-15(23)12-6-10-21(11-7-12)16(24)19-9-8-18(4,17(19,2)3)14(22)13(19)20/h12-13H,5-11H2,1-4H3. The van der Waals surface area contributed by atoms with Gasteiger partial charge in [-0.1, -0.05) is 36.7 Å². The van der Waals surface area contributed by atoms with Gasteiger partial charge < -0.3 is 9.64 Å². The normalized spacial score (nSPS) is 37.4. The van der Waals surface area contributed by atoms with Crippen molar-refractivity contribution >= 4 is 33.6 Å². The number of halogens is 1. The fourth-order valence-corrected chi connectivity index (χ4v) is 6.79. The molecular formula is C19H28BrNO4. The minimum Gasteiger partial charge on any atom is -0.466 e. The molecule has 140 valence electrons. The van der Waals surface area contributed by atoms with Gasteiger partial charge in [0.05, 0.1) is 22.8 Å². The lowest BCUT2D eigenvalue weighted by Crippen LogP contribution is -2.54. The first-order valence-electron chi connectivity index (χ1n) is 9.28. The van der Waals surface area contributed by atoms with Crippen LogP contribution in [0, 0.1) is 22.2 Å². The highest BCUT2D eigenvalue weighted by Crippen LogP contribution is 2.72. The Labute approximate surface area is 158 Å². The van der Waals surface area contributed by atoms with Crippen LogP contribution in [0.25, 0.3) is 0 Å². The van der Waals surface area contributed by atoms with E-state index < -0.39 is 15.7 Å². The van der Waals surface area contributed by atoms with E-state index in [9.17, 15) is 14.4 Å². The number of hydrogen-bond donors (Lipinski definition) is 0. The van der Waals surface area contributed by atoms with Crippen LogP contribution in [-0.2, 0) is 19.1 Å². The van der Waals surface area contributed by atoms with Crippen molar-refractivity contribution in [2.24, 2.45) is 22.2 Å². The number of nitrogens with zero attached hydrogens (tertiary/aromatic N) is 1. The second kappa shape index (κ2) is 6.07. The van der Waals surface area contributed by atoms with Crippen molar-refractivity contribution < 1.29 is 19.1 Å². The number of carbonyl (C=O) groups is 3. The number of likely N-dealkylation sites (tertiary alicyclic amines) is 1. The number of alkyl halides is 1. The SMILES string of the molecule is CCOC(=O)C1CCN(C(=O)C23CCC(C)(C(=O)C2Br)C3(C)C)CC1. The van der Waals surface area contributed by atoms with E-state index in [1.807, 2.05) is 18.7 Å². The van der Waals surface area contributed by atoms with Crippen molar-refractivity contribution in [2.75, 3.05) is 19.7 Å². The second-order valence-corrected chi connectivity index (χ2v) is 9.39. The Bertz CT molecular complexity index is 611. The van der Waals surface area contributed by atoms with Crippen molar-refractivity contribution in [1.82, 2.24) is 4.90 Å². The number of esters is 1. The minimum atomic E-state index is -0.671. The number of hydrogen-bond acceptors (Lipinski definition) is 4. The molecule has 1 heterocycles. The summed E-state index contributed by atoms with van der Waals surface area (Å²) in [5.74, 6) is -0.0287. The summed E-state index contributed by atoms with van der Waals surface area (Å²) in [5, 5.41) is 0. The van der Waals surface area contributed by atoms with Crippen molar-refractivity contribution in [3.63, 3.8) is 0 Å². The molecule has 6 heteroatoms. The molecule has 0 spiro atoms. The van der Waals surface area contributed by atoms with Gasteiger partial charge >= 0.3 is 5.97 Å². The molecular weight excluding hydrogens is 386 g/mol. The summed E-state index contributed by atoms with van der Waals surface area (Å²) in [4.78, 5) is 39.7. The van der Waals surface area contributed by atoms with Gasteiger partial charge in [-0.25, -0.2) is 0 Å². The van der Waals surface area contributed by atoms with Gasteiger partial charge in [0.2, 0.25) is 5.91 Å². The summed E-state index contributed by atoms with van der Waals surface area (Å²) in [6, 6.07) is 0. The number of ketones is 1. The molecule has 25 heavy (non-hydrogen) atoms. The van der Waals surface area contributed by atoms with Gasteiger partial charge in [0.1, 0.15) is 0 Å². The zero-order valence-electron chi connectivity index (χ0n) is 15.6. The van der Waals surface area contributed by atoms with Gasteiger partial charge in [0.25, 0.3) is 0 Å². The monoisotopic (exact) mass is 413 g/mol. The molecule has 1 amide bonds. The summed E-state index contributed by atoms with van der Waals surface area (Å²) in [6.07, 6.45) is 2.79. The van der Waals surface area contributed by atoms with Crippen LogP contribution in [0.3, 0.4) is 0 Å². The van der Waals surface area contributed by atoms with E-state index >= 15 is 0 Å². The third-order valence-corrected chi connectivity index (χ3v) is 8.70. The van der Waals surface area contributed by atoms with Gasteiger partial charge in [-0.15, -0.1) is 0 Å². The Morgan fingerprint density at radius 2 is 1.80 bits per heavy atom. The molecule has 0 aromatic heterocycles. The van der Waals surface area contributed by atoms with E-state index in [0.29, 0.717) is 32.5 Å². The van der Waals surface area contributed by atoms with Crippen molar-refractivity contribution in [1.29, 1.82) is 0 Å². The first-order valence-corrected chi connectivity index (χ1v) is 10.2. The van der Waals surface area contributed by atoms with Crippen LogP contribution >= 0.6 is 15.9 Å². The molecule has 5 nitrogen and oxygen atoms in total. The topological polar surface area (TPSA) is 63.7 Å². The number of rotatable bonds is 3. The summed E-state index contributed by atoms with van der Waals surface area (Å²) >= 11 is 3.58. The number of amides is 1. The third-order valence-electron chi connectivity index (χ3n) is 7.50. The first kappa shape index (κ1) is 18.9.